The maximum Gasteiger partial charge on any atom is 0.141 e. The van der Waals surface area contributed by atoms with Gasteiger partial charge < -0.3 is 10.5 Å². The summed E-state index contributed by atoms with van der Waals surface area (Å²) in [6.07, 6.45) is 3.37. The largest absolute Gasteiger partial charge is 0.495 e. The minimum absolute atomic E-state index is 0.00653. The molecule has 60 valence electrons. The molecule has 0 radical (unpaired) electrons. The van der Waals surface area contributed by atoms with Crippen molar-refractivity contribution < 1.29 is 4.74 Å². The van der Waals surface area contributed by atoms with E-state index in [0.29, 0.717) is 0 Å². The Labute approximate surface area is 66.2 Å². The zero-order valence-electron chi connectivity index (χ0n) is 6.74. The molecule has 0 spiro atoms. The third kappa shape index (κ3) is 1.68. The first kappa shape index (κ1) is 8.01. The number of hydrogen-bond acceptors (Lipinski definition) is 3. The van der Waals surface area contributed by atoms with Gasteiger partial charge in [-0.1, -0.05) is 0 Å². The first-order valence-corrected chi connectivity index (χ1v) is 3.49. The first-order valence-electron chi connectivity index (χ1n) is 3.49. The number of pyridine rings is 1. The Kier molecular flexibility index (Phi) is 2.44. The van der Waals surface area contributed by atoms with Gasteiger partial charge in [-0.15, -0.1) is 0 Å². The summed E-state index contributed by atoms with van der Waals surface area (Å²) in [6, 6.07) is 1.86. The Hall–Kier alpha value is -1.09. The average molecular weight is 152 g/mol. The molecule has 0 saturated heterocycles. The van der Waals surface area contributed by atoms with Crippen LogP contribution in [-0.4, -0.2) is 12.1 Å². The van der Waals surface area contributed by atoms with Gasteiger partial charge in [0.25, 0.3) is 0 Å². The van der Waals surface area contributed by atoms with Crippen molar-refractivity contribution in [3.8, 4) is 5.75 Å². The third-order valence-electron chi connectivity index (χ3n) is 1.53. The Morgan fingerprint density at radius 3 is 2.82 bits per heavy atom. The summed E-state index contributed by atoms with van der Waals surface area (Å²) < 4.78 is 5.06. The van der Waals surface area contributed by atoms with E-state index >= 15 is 0 Å². The standard InChI is InChI=1S/C8H12N2O/c1-6(9)7-3-4-10-5-8(7)11-2/h3-6H,9H2,1-2H3/t6-/m0/s1. The van der Waals surface area contributed by atoms with Crippen molar-refractivity contribution in [1.29, 1.82) is 0 Å². The summed E-state index contributed by atoms with van der Waals surface area (Å²) in [6.45, 7) is 1.91. The zero-order valence-corrected chi connectivity index (χ0v) is 6.74. The van der Waals surface area contributed by atoms with E-state index in [1.165, 1.54) is 0 Å². The molecule has 0 aliphatic heterocycles. The van der Waals surface area contributed by atoms with Crippen LogP contribution in [-0.2, 0) is 0 Å². The molecule has 1 heterocycles. The van der Waals surface area contributed by atoms with Gasteiger partial charge in [0.2, 0.25) is 0 Å². The quantitative estimate of drug-likeness (QED) is 0.690. The lowest BCUT2D eigenvalue weighted by Gasteiger charge is -2.09. The number of nitrogens with two attached hydrogens (primary N) is 1. The van der Waals surface area contributed by atoms with E-state index in [0.717, 1.165) is 11.3 Å². The summed E-state index contributed by atoms with van der Waals surface area (Å²) in [5.74, 6) is 0.752. The molecule has 0 aliphatic carbocycles. The minimum Gasteiger partial charge on any atom is -0.495 e. The highest BCUT2D eigenvalue weighted by atomic mass is 16.5. The predicted octanol–water partition coefficient (Wildman–Crippen LogP) is 1.11. The van der Waals surface area contributed by atoms with Crippen LogP contribution >= 0.6 is 0 Å². The topological polar surface area (TPSA) is 48.1 Å². The fourth-order valence-corrected chi connectivity index (χ4v) is 0.937. The van der Waals surface area contributed by atoms with Gasteiger partial charge in [0.05, 0.1) is 13.3 Å². The normalized spacial score (nSPS) is 12.6. The molecule has 1 aromatic heterocycles. The smallest absolute Gasteiger partial charge is 0.141 e. The van der Waals surface area contributed by atoms with E-state index in [1.807, 2.05) is 13.0 Å². The van der Waals surface area contributed by atoms with Crippen LogP contribution in [0.25, 0.3) is 0 Å². The van der Waals surface area contributed by atoms with Crippen LogP contribution in [0.1, 0.15) is 18.5 Å². The van der Waals surface area contributed by atoms with E-state index in [4.69, 9.17) is 10.5 Å². The number of hydrogen-bond donors (Lipinski definition) is 1. The molecule has 1 rings (SSSR count). The van der Waals surface area contributed by atoms with Gasteiger partial charge in [-0.2, -0.15) is 0 Å². The lowest BCUT2D eigenvalue weighted by Crippen LogP contribution is -2.06. The summed E-state index contributed by atoms with van der Waals surface area (Å²) in [7, 11) is 1.61. The van der Waals surface area contributed by atoms with Gasteiger partial charge in [0.1, 0.15) is 5.75 Å². The van der Waals surface area contributed by atoms with Crippen molar-refractivity contribution in [3.63, 3.8) is 0 Å². The lowest BCUT2D eigenvalue weighted by atomic mass is 10.1. The van der Waals surface area contributed by atoms with E-state index in [9.17, 15) is 0 Å². The van der Waals surface area contributed by atoms with Gasteiger partial charge in [0.15, 0.2) is 0 Å². The molecule has 3 heteroatoms. The number of ether oxygens (including phenoxy) is 1. The molecule has 1 aromatic rings. The van der Waals surface area contributed by atoms with Crippen molar-refractivity contribution >= 4 is 0 Å². The molecule has 0 fully saturated rings. The monoisotopic (exact) mass is 152 g/mol. The van der Waals surface area contributed by atoms with Gasteiger partial charge in [-0.25, -0.2) is 0 Å². The summed E-state index contributed by atoms with van der Waals surface area (Å²) >= 11 is 0. The summed E-state index contributed by atoms with van der Waals surface area (Å²) in [4.78, 5) is 3.92. The van der Waals surface area contributed by atoms with Crippen LogP contribution in [0.3, 0.4) is 0 Å². The Morgan fingerprint density at radius 2 is 2.36 bits per heavy atom. The van der Waals surface area contributed by atoms with E-state index < -0.39 is 0 Å². The van der Waals surface area contributed by atoms with Gasteiger partial charge in [-0.3, -0.25) is 4.98 Å². The van der Waals surface area contributed by atoms with Crippen molar-refractivity contribution in [2.45, 2.75) is 13.0 Å². The van der Waals surface area contributed by atoms with Gasteiger partial charge in [-0.05, 0) is 13.0 Å². The second-order valence-electron chi connectivity index (χ2n) is 2.41. The predicted molar refractivity (Wildman–Crippen MR) is 43.4 cm³/mol. The SMILES string of the molecule is COc1cnccc1[C@H](C)N. The van der Waals surface area contributed by atoms with Crippen LogP contribution in [0, 0.1) is 0 Å². The molecule has 3 nitrogen and oxygen atoms in total. The van der Waals surface area contributed by atoms with Crippen molar-refractivity contribution in [2.24, 2.45) is 5.73 Å². The van der Waals surface area contributed by atoms with Gasteiger partial charge >= 0.3 is 0 Å². The van der Waals surface area contributed by atoms with Crippen LogP contribution in [0.2, 0.25) is 0 Å². The number of methoxy groups -OCH3 is 1. The van der Waals surface area contributed by atoms with Gasteiger partial charge in [0, 0.05) is 17.8 Å². The Balaban J connectivity index is 3.02. The highest BCUT2D eigenvalue weighted by Gasteiger charge is 2.05. The molecule has 0 bridgehead atoms. The fraction of sp³-hybridized carbons (Fsp3) is 0.375. The van der Waals surface area contributed by atoms with E-state index in [2.05, 4.69) is 4.98 Å². The molecule has 11 heavy (non-hydrogen) atoms. The first-order chi connectivity index (χ1) is 5.25. The molecule has 2 N–H and O–H groups in total. The molecule has 1 atom stereocenters. The summed E-state index contributed by atoms with van der Waals surface area (Å²) in [5.41, 5.74) is 6.67. The maximum atomic E-state index is 5.68. The summed E-state index contributed by atoms with van der Waals surface area (Å²) in [5, 5.41) is 0. The van der Waals surface area contributed by atoms with Crippen LogP contribution in [0.15, 0.2) is 18.5 Å². The third-order valence-corrected chi connectivity index (χ3v) is 1.53. The van der Waals surface area contributed by atoms with E-state index in [1.54, 1.807) is 19.5 Å². The van der Waals surface area contributed by atoms with Crippen LogP contribution in [0.4, 0.5) is 0 Å². The second-order valence-corrected chi connectivity index (χ2v) is 2.41. The number of rotatable bonds is 2. The Bertz CT molecular complexity index is 235. The second kappa shape index (κ2) is 3.34. The molecular weight excluding hydrogens is 140 g/mol. The van der Waals surface area contributed by atoms with E-state index in [-0.39, 0.29) is 6.04 Å². The van der Waals surface area contributed by atoms with Crippen molar-refractivity contribution in [1.82, 2.24) is 4.98 Å². The molecule has 0 unspecified atom stereocenters. The number of aromatic nitrogens is 1. The fourth-order valence-electron chi connectivity index (χ4n) is 0.937. The Morgan fingerprint density at radius 1 is 1.64 bits per heavy atom. The van der Waals surface area contributed by atoms with Crippen LogP contribution < -0.4 is 10.5 Å². The molecule has 0 aromatic carbocycles. The average Bonchev–Trinajstić information content (AvgIpc) is 2.04. The highest BCUT2D eigenvalue weighted by molar-refractivity contribution is 5.31. The van der Waals surface area contributed by atoms with Crippen molar-refractivity contribution in [2.75, 3.05) is 7.11 Å². The molecular formula is C8H12N2O. The lowest BCUT2D eigenvalue weighted by molar-refractivity contribution is 0.405. The maximum absolute atomic E-state index is 5.68. The van der Waals surface area contributed by atoms with Crippen LogP contribution in [0.5, 0.6) is 5.75 Å². The minimum atomic E-state index is -0.00653. The molecule has 0 aliphatic rings. The highest BCUT2D eigenvalue weighted by Crippen LogP contribution is 2.20. The molecule has 0 saturated carbocycles. The van der Waals surface area contributed by atoms with Crippen molar-refractivity contribution in [3.05, 3.63) is 24.0 Å². The number of nitrogens with zero attached hydrogens (tertiary/aromatic N) is 1. The molecule has 0 amide bonds. The zero-order chi connectivity index (χ0) is 8.27.